The molecule has 0 fully saturated rings. The quantitative estimate of drug-likeness (QED) is 0.720. The normalized spacial score (nSPS) is 22.9. The predicted octanol–water partition coefficient (Wildman–Crippen LogP) is 3.43. The minimum atomic E-state index is -0.661. The Balaban J connectivity index is 2.43. The fourth-order valence-electron chi connectivity index (χ4n) is 3.08. The Morgan fingerprint density at radius 3 is 2.65 bits per heavy atom. The van der Waals surface area contributed by atoms with Gasteiger partial charge in [-0.1, -0.05) is 18.0 Å². The zero-order valence-electron chi connectivity index (χ0n) is 15.1. The maximum atomic E-state index is 12.7. The van der Waals surface area contributed by atoms with Crippen molar-refractivity contribution < 1.29 is 29.3 Å². The van der Waals surface area contributed by atoms with E-state index in [0.29, 0.717) is 32.1 Å². The number of ketones is 1. The van der Waals surface area contributed by atoms with E-state index < -0.39 is 18.2 Å². The number of rotatable bonds is 1. The van der Waals surface area contributed by atoms with E-state index in [-0.39, 0.29) is 39.9 Å². The molecule has 7 heteroatoms. The number of cyclic esters (lactones) is 1. The second-order valence-electron chi connectivity index (χ2n) is 6.67. The number of methoxy groups -OCH3 is 1. The topological polar surface area (TPSA) is 93.1 Å². The van der Waals surface area contributed by atoms with Gasteiger partial charge in [0.05, 0.1) is 24.3 Å². The highest BCUT2D eigenvalue weighted by Crippen LogP contribution is 2.38. The van der Waals surface area contributed by atoms with Crippen LogP contribution in [-0.2, 0) is 16.0 Å². The molecule has 26 heavy (non-hydrogen) atoms. The Kier molecular flexibility index (Phi) is 7.29. The fourth-order valence-corrected chi connectivity index (χ4v) is 3.30. The first-order valence-corrected chi connectivity index (χ1v) is 9.20. The lowest BCUT2D eigenvalue weighted by Gasteiger charge is -2.20. The average Bonchev–Trinajstić information content (AvgIpc) is 2.59. The summed E-state index contributed by atoms with van der Waals surface area (Å²) in [5.74, 6) is -0.905. The van der Waals surface area contributed by atoms with E-state index >= 15 is 0 Å². The Bertz CT molecular complexity index is 672. The van der Waals surface area contributed by atoms with E-state index in [1.807, 2.05) is 0 Å². The Morgan fingerprint density at radius 2 is 1.96 bits per heavy atom. The van der Waals surface area contributed by atoms with Crippen LogP contribution in [-0.4, -0.2) is 41.3 Å². The van der Waals surface area contributed by atoms with Crippen molar-refractivity contribution in [3.8, 4) is 11.5 Å². The second-order valence-corrected chi connectivity index (χ2v) is 7.05. The maximum Gasteiger partial charge on any atom is 0.342 e. The summed E-state index contributed by atoms with van der Waals surface area (Å²) in [7, 11) is 1.36. The summed E-state index contributed by atoms with van der Waals surface area (Å²) in [6.07, 6.45) is 2.38. The van der Waals surface area contributed by atoms with Crippen molar-refractivity contribution in [3.05, 3.63) is 22.2 Å². The SMILES string of the molecule is COc1cc(O)c(Cl)c2c1C(=O)O[C@@H](C)CC[C@H](O)CCCCC(=O)C2. The number of carbonyl (C=O) groups is 2. The summed E-state index contributed by atoms with van der Waals surface area (Å²) in [6.45, 7) is 1.75. The molecule has 0 aliphatic carbocycles. The van der Waals surface area contributed by atoms with Crippen molar-refractivity contribution in [3.63, 3.8) is 0 Å². The molecule has 6 nitrogen and oxygen atoms in total. The van der Waals surface area contributed by atoms with Crippen LogP contribution in [0.2, 0.25) is 5.02 Å². The fraction of sp³-hybridized carbons (Fsp3) is 0.579. The highest BCUT2D eigenvalue weighted by molar-refractivity contribution is 6.33. The third-order valence-corrected chi connectivity index (χ3v) is 4.98. The van der Waals surface area contributed by atoms with E-state index in [1.54, 1.807) is 6.92 Å². The number of esters is 1. The van der Waals surface area contributed by atoms with Crippen LogP contribution < -0.4 is 4.74 Å². The molecule has 1 aliphatic heterocycles. The van der Waals surface area contributed by atoms with E-state index in [4.69, 9.17) is 21.1 Å². The van der Waals surface area contributed by atoms with Crippen molar-refractivity contribution in [1.82, 2.24) is 0 Å². The zero-order valence-corrected chi connectivity index (χ0v) is 15.8. The molecule has 2 rings (SSSR count). The van der Waals surface area contributed by atoms with Crippen LogP contribution in [0, 0.1) is 0 Å². The Hall–Kier alpha value is -1.79. The lowest BCUT2D eigenvalue weighted by atomic mass is 9.97. The molecule has 0 spiro atoms. The monoisotopic (exact) mass is 384 g/mol. The number of hydrogen-bond acceptors (Lipinski definition) is 6. The van der Waals surface area contributed by atoms with Crippen molar-refractivity contribution in [1.29, 1.82) is 0 Å². The summed E-state index contributed by atoms with van der Waals surface area (Å²) in [6, 6.07) is 1.24. The molecule has 0 saturated carbocycles. The number of fused-ring (bicyclic) bond motifs is 1. The molecule has 1 aliphatic rings. The smallest absolute Gasteiger partial charge is 0.342 e. The minimum Gasteiger partial charge on any atom is -0.506 e. The molecule has 1 heterocycles. The number of phenolic OH excluding ortho intramolecular Hbond substituents is 1. The molecule has 1 aromatic rings. The van der Waals surface area contributed by atoms with Gasteiger partial charge in [-0.25, -0.2) is 4.79 Å². The highest BCUT2D eigenvalue weighted by atomic mass is 35.5. The van der Waals surface area contributed by atoms with Crippen LogP contribution in [0.1, 0.15) is 61.4 Å². The number of ether oxygens (including phenoxy) is 2. The number of benzene rings is 1. The first-order valence-electron chi connectivity index (χ1n) is 8.82. The van der Waals surface area contributed by atoms with Gasteiger partial charge in [0.15, 0.2) is 0 Å². The van der Waals surface area contributed by atoms with Gasteiger partial charge in [-0.2, -0.15) is 0 Å². The molecule has 0 amide bonds. The van der Waals surface area contributed by atoms with Crippen molar-refractivity contribution in [2.45, 2.75) is 64.1 Å². The summed E-state index contributed by atoms with van der Waals surface area (Å²) in [4.78, 5) is 25.0. The molecule has 1 aromatic carbocycles. The Morgan fingerprint density at radius 1 is 1.23 bits per heavy atom. The van der Waals surface area contributed by atoms with Crippen LogP contribution in [0.4, 0.5) is 0 Å². The first kappa shape index (κ1) is 20.5. The van der Waals surface area contributed by atoms with E-state index in [2.05, 4.69) is 0 Å². The first-order chi connectivity index (χ1) is 12.3. The van der Waals surface area contributed by atoms with E-state index in [1.165, 1.54) is 13.2 Å². The van der Waals surface area contributed by atoms with Gasteiger partial charge in [0, 0.05) is 24.5 Å². The van der Waals surface area contributed by atoms with E-state index in [0.717, 1.165) is 6.42 Å². The minimum absolute atomic E-state index is 0.0405. The molecule has 0 saturated heterocycles. The summed E-state index contributed by atoms with van der Waals surface area (Å²) in [5, 5.41) is 20.0. The van der Waals surface area contributed by atoms with Gasteiger partial charge in [-0.3, -0.25) is 4.79 Å². The van der Waals surface area contributed by atoms with Crippen LogP contribution in [0.25, 0.3) is 0 Å². The van der Waals surface area contributed by atoms with E-state index in [9.17, 15) is 19.8 Å². The number of Topliss-reactive ketones (excluding diaryl/α,β-unsaturated/α-hetero) is 1. The van der Waals surface area contributed by atoms with Gasteiger partial charge in [0.1, 0.15) is 22.8 Å². The number of hydrogen-bond donors (Lipinski definition) is 2. The predicted molar refractivity (Wildman–Crippen MR) is 97.0 cm³/mol. The van der Waals surface area contributed by atoms with Gasteiger partial charge >= 0.3 is 5.97 Å². The molecular formula is C19H25ClO6. The van der Waals surface area contributed by atoms with Crippen molar-refractivity contribution in [2.24, 2.45) is 0 Å². The molecule has 0 bridgehead atoms. The lowest BCUT2D eigenvalue weighted by molar-refractivity contribution is -0.118. The average molecular weight is 385 g/mol. The third-order valence-electron chi connectivity index (χ3n) is 4.56. The molecular weight excluding hydrogens is 360 g/mol. The maximum absolute atomic E-state index is 12.7. The van der Waals surface area contributed by atoms with Gasteiger partial charge in [-0.15, -0.1) is 0 Å². The van der Waals surface area contributed by atoms with Crippen LogP contribution in [0.5, 0.6) is 11.5 Å². The van der Waals surface area contributed by atoms with Gasteiger partial charge < -0.3 is 19.7 Å². The lowest BCUT2D eigenvalue weighted by Crippen LogP contribution is -2.21. The zero-order chi connectivity index (χ0) is 19.3. The van der Waals surface area contributed by atoms with Gasteiger partial charge in [0.25, 0.3) is 0 Å². The Labute approximate surface area is 158 Å². The van der Waals surface area contributed by atoms with Gasteiger partial charge in [-0.05, 0) is 32.6 Å². The van der Waals surface area contributed by atoms with Crippen LogP contribution in [0.3, 0.4) is 0 Å². The van der Waals surface area contributed by atoms with Crippen LogP contribution in [0.15, 0.2) is 6.07 Å². The number of aromatic hydroxyl groups is 1. The second kappa shape index (κ2) is 9.24. The molecule has 2 atom stereocenters. The standard InChI is InChI=1S/C19H25ClO6/c1-11-7-8-12(21)5-3-4-6-13(22)9-14-17(19(24)26-11)16(25-2)10-15(23)18(14)20/h10-12,21,23H,3-9H2,1-2H3/t11-,12+/m0/s1. The van der Waals surface area contributed by atoms with Crippen molar-refractivity contribution in [2.75, 3.05) is 7.11 Å². The third kappa shape index (κ3) is 5.11. The summed E-state index contributed by atoms with van der Waals surface area (Å²) in [5.41, 5.74) is 0.288. The van der Waals surface area contributed by atoms with Crippen LogP contribution >= 0.6 is 11.6 Å². The van der Waals surface area contributed by atoms with Crippen molar-refractivity contribution >= 4 is 23.4 Å². The number of aliphatic hydroxyl groups excluding tert-OH is 1. The summed E-state index contributed by atoms with van der Waals surface area (Å²) < 4.78 is 10.7. The molecule has 0 radical (unpaired) electrons. The van der Waals surface area contributed by atoms with Gasteiger partial charge in [0.2, 0.25) is 0 Å². The highest BCUT2D eigenvalue weighted by Gasteiger charge is 2.27. The largest absolute Gasteiger partial charge is 0.506 e. The number of carbonyl (C=O) groups excluding carboxylic acids is 2. The molecule has 144 valence electrons. The number of phenols is 1. The number of halogens is 1. The molecule has 0 unspecified atom stereocenters. The molecule has 0 aromatic heterocycles. The number of aliphatic hydroxyl groups is 1. The molecule has 2 N–H and O–H groups in total. The summed E-state index contributed by atoms with van der Waals surface area (Å²) >= 11 is 6.18.